The maximum atomic E-state index is 12.2. The third kappa shape index (κ3) is 10.6. The number of ether oxygens (including phenoxy) is 1. The molecule has 2 rings (SSSR count). The molecule has 0 amide bonds. The van der Waals surface area contributed by atoms with E-state index in [4.69, 9.17) is 18.0 Å². The monoisotopic (exact) mass is 478 g/mol. The highest BCUT2D eigenvalue weighted by Gasteiger charge is 2.30. The Balaban J connectivity index is 1.85. The van der Waals surface area contributed by atoms with Crippen LogP contribution in [0.3, 0.4) is 0 Å². The minimum Gasteiger partial charge on any atom is -0.406 e. The molecule has 0 fully saturated rings. The molecule has 0 saturated carbocycles. The van der Waals surface area contributed by atoms with Gasteiger partial charge in [0.15, 0.2) is 5.11 Å². The van der Waals surface area contributed by atoms with Gasteiger partial charge in [0.05, 0.1) is 11.9 Å². The van der Waals surface area contributed by atoms with Gasteiger partial charge in [0.2, 0.25) is 0 Å². The molecule has 0 heterocycles. The third-order valence-electron chi connectivity index (χ3n) is 4.13. The van der Waals surface area contributed by atoms with Gasteiger partial charge in [-0.25, -0.2) is 9.98 Å². The first-order valence-electron chi connectivity index (χ1n) is 10.2. The fourth-order valence-electron chi connectivity index (χ4n) is 2.49. The molecule has 0 aliphatic heterocycles. The Hall–Kier alpha value is -3.47. The summed E-state index contributed by atoms with van der Waals surface area (Å²) in [4.78, 5) is 8.09. The standard InChI is InChI=1S/C22H25F3N6OS/c1-2-3-4-13-27-21(33)31-30-14-16-5-7-17(8-6-16)20(26)29-15-28-18-9-11-19(12-10-18)32-22(23,24)25/h5-12,14-15H,2-4,13H2,1H3,(H2,26,28,29)(H2,27,31,33)/b30-14-. The number of rotatable bonds is 10. The Morgan fingerprint density at radius 2 is 1.79 bits per heavy atom. The number of hydrazone groups is 1. The van der Waals surface area contributed by atoms with Crippen LogP contribution in [0.25, 0.3) is 0 Å². The van der Waals surface area contributed by atoms with Crippen LogP contribution < -0.4 is 21.2 Å². The zero-order valence-electron chi connectivity index (χ0n) is 18.0. The van der Waals surface area contributed by atoms with Gasteiger partial charge < -0.3 is 15.8 Å². The summed E-state index contributed by atoms with van der Waals surface area (Å²) in [7, 11) is 0. The highest BCUT2D eigenvalue weighted by molar-refractivity contribution is 7.80. The SMILES string of the molecule is CCCCCNC(=S)N/N=C\c1ccc(C(N)=NC=Nc2ccc(OC(F)(F)F)cc2)cc1. The first kappa shape index (κ1) is 25.8. The molecule has 0 aliphatic carbocycles. The van der Waals surface area contributed by atoms with E-state index < -0.39 is 6.36 Å². The average molecular weight is 479 g/mol. The maximum absolute atomic E-state index is 12.2. The first-order chi connectivity index (χ1) is 15.8. The van der Waals surface area contributed by atoms with Gasteiger partial charge in [-0.05, 0) is 48.5 Å². The van der Waals surface area contributed by atoms with E-state index in [2.05, 4.69) is 37.5 Å². The van der Waals surface area contributed by atoms with Crippen molar-refractivity contribution in [1.29, 1.82) is 0 Å². The second kappa shape index (κ2) is 13.2. The third-order valence-corrected chi connectivity index (χ3v) is 4.36. The van der Waals surface area contributed by atoms with Gasteiger partial charge in [-0.2, -0.15) is 5.10 Å². The molecule has 7 nitrogen and oxygen atoms in total. The number of amidine groups is 1. The van der Waals surface area contributed by atoms with Crippen molar-refractivity contribution in [2.24, 2.45) is 20.8 Å². The van der Waals surface area contributed by atoms with Crippen LogP contribution >= 0.6 is 12.2 Å². The predicted molar refractivity (Wildman–Crippen MR) is 129 cm³/mol. The quantitative estimate of drug-likeness (QED) is 0.152. The summed E-state index contributed by atoms with van der Waals surface area (Å²) in [6.45, 7) is 2.95. The van der Waals surface area contributed by atoms with Crippen molar-refractivity contribution in [2.45, 2.75) is 32.5 Å². The maximum Gasteiger partial charge on any atom is 0.573 e. The Bertz CT molecular complexity index is 973. The number of aliphatic imine (C=N–C) groups is 2. The smallest absolute Gasteiger partial charge is 0.406 e. The second-order valence-electron chi connectivity index (χ2n) is 6.76. The van der Waals surface area contributed by atoms with E-state index in [0.29, 0.717) is 16.4 Å². The molecule has 2 aromatic carbocycles. The van der Waals surface area contributed by atoms with Crippen LogP contribution in [0, 0.1) is 0 Å². The molecule has 33 heavy (non-hydrogen) atoms. The summed E-state index contributed by atoms with van der Waals surface area (Å²) in [6, 6.07) is 12.3. The molecule has 0 spiro atoms. The normalized spacial score (nSPS) is 12.3. The highest BCUT2D eigenvalue weighted by atomic mass is 32.1. The molecule has 4 N–H and O–H groups in total. The van der Waals surface area contributed by atoms with E-state index >= 15 is 0 Å². The number of benzene rings is 2. The summed E-state index contributed by atoms with van der Waals surface area (Å²) in [5.74, 6) is -0.0943. The lowest BCUT2D eigenvalue weighted by molar-refractivity contribution is -0.274. The number of alkyl halides is 3. The van der Waals surface area contributed by atoms with Crippen molar-refractivity contribution in [3.05, 3.63) is 59.7 Å². The topological polar surface area (TPSA) is 96.4 Å². The average Bonchev–Trinajstić information content (AvgIpc) is 2.77. The zero-order chi connectivity index (χ0) is 24.1. The lowest BCUT2D eigenvalue weighted by atomic mass is 10.1. The number of nitrogens with zero attached hydrogens (tertiary/aromatic N) is 3. The van der Waals surface area contributed by atoms with Gasteiger partial charge in [-0.1, -0.05) is 44.0 Å². The number of unbranched alkanes of at least 4 members (excludes halogenated alkanes) is 2. The largest absolute Gasteiger partial charge is 0.573 e. The molecule has 2 aromatic rings. The second-order valence-corrected chi connectivity index (χ2v) is 7.16. The molecular formula is C22H25F3N6OS. The molecule has 0 saturated heterocycles. The fraction of sp³-hybridized carbons (Fsp3) is 0.273. The summed E-state index contributed by atoms with van der Waals surface area (Å²) in [5, 5.41) is 7.64. The van der Waals surface area contributed by atoms with Crippen LogP contribution in [0.15, 0.2) is 63.6 Å². The van der Waals surface area contributed by atoms with Gasteiger partial charge in [-0.15, -0.1) is 13.2 Å². The summed E-state index contributed by atoms with van der Waals surface area (Å²) < 4.78 is 40.3. The van der Waals surface area contributed by atoms with Crippen LogP contribution in [0.2, 0.25) is 0 Å². The molecule has 11 heteroatoms. The van der Waals surface area contributed by atoms with Crippen molar-refractivity contribution in [1.82, 2.24) is 10.7 Å². The van der Waals surface area contributed by atoms with E-state index in [-0.39, 0.29) is 11.6 Å². The molecule has 0 unspecified atom stereocenters. The van der Waals surface area contributed by atoms with E-state index in [1.165, 1.54) is 18.5 Å². The number of thiocarbonyl (C=S) groups is 1. The first-order valence-corrected chi connectivity index (χ1v) is 10.6. The number of hydrogen-bond acceptors (Lipinski definition) is 4. The van der Waals surface area contributed by atoms with Crippen molar-refractivity contribution in [3.63, 3.8) is 0 Å². The Morgan fingerprint density at radius 1 is 1.09 bits per heavy atom. The van der Waals surface area contributed by atoms with Crippen LogP contribution in [0.5, 0.6) is 5.75 Å². The van der Waals surface area contributed by atoms with E-state index in [1.54, 1.807) is 18.3 Å². The van der Waals surface area contributed by atoms with Crippen LogP contribution in [0.1, 0.15) is 37.3 Å². The number of hydrogen-bond donors (Lipinski definition) is 3. The molecule has 0 bridgehead atoms. The van der Waals surface area contributed by atoms with Gasteiger partial charge in [0.1, 0.15) is 17.9 Å². The minimum atomic E-state index is -4.74. The van der Waals surface area contributed by atoms with Crippen LogP contribution in [-0.4, -0.2) is 36.4 Å². The fourth-order valence-corrected chi connectivity index (χ4v) is 2.64. The van der Waals surface area contributed by atoms with Crippen LogP contribution in [0.4, 0.5) is 18.9 Å². The van der Waals surface area contributed by atoms with Gasteiger partial charge in [0.25, 0.3) is 0 Å². The number of nitrogens with two attached hydrogens (primary N) is 1. The number of nitrogens with one attached hydrogen (secondary N) is 2. The summed E-state index contributed by atoms with van der Waals surface area (Å²) in [5.41, 5.74) is 10.6. The molecule has 0 radical (unpaired) electrons. The Morgan fingerprint density at radius 3 is 2.42 bits per heavy atom. The van der Waals surface area contributed by atoms with Gasteiger partial charge >= 0.3 is 6.36 Å². The van der Waals surface area contributed by atoms with E-state index in [9.17, 15) is 13.2 Å². The van der Waals surface area contributed by atoms with Crippen molar-refractivity contribution in [2.75, 3.05) is 6.54 Å². The van der Waals surface area contributed by atoms with E-state index in [0.717, 1.165) is 43.5 Å². The molecule has 176 valence electrons. The molecule has 0 aromatic heterocycles. The van der Waals surface area contributed by atoms with Crippen LogP contribution in [-0.2, 0) is 0 Å². The minimum absolute atomic E-state index is 0.231. The molecular weight excluding hydrogens is 453 g/mol. The number of halogens is 3. The Kier molecular flexibility index (Phi) is 10.3. The van der Waals surface area contributed by atoms with Crippen molar-refractivity contribution in [3.8, 4) is 5.75 Å². The lowest BCUT2D eigenvalue weighted by Gasteiger charge is -2.08. The zero-order valence-corrected chi connectivity index (χ0v) is 18.8. The molecule has 0 aliphatic rings. The lowest BCUT2D eigenvalue weighted by Crippen LogP contribution is -2.32. The van der Waals surface area contributed by atoms with E-state index in [1.807, 2.05) is 12.1 Å². The summed E-state index contributed by atoms with van der Waals surface area (Å²) in [6.07, 6.45) is 1.47. The predicted octanol–water partition coefficient (Wildman–Crippen LogP) is 4.64. The molecule has 0 atom stereocenters. The Labute approximate surface area is 195 Å². The van der Waals surface area contributed by atoms with Gasteiger partial charge in [0, 0.05) is 12.1 Å². The highest BCUT2D eigenvalue weighted by Crippen LogP contribution is 2.24. The van der Waals surface area contributed by atoms with Crippen molar-refractivity contribution >= 4 is 41.4 Å². The summed E-state index contributed by atoms with van der Waals surface area (Å²) >= 11 is 5.15. The van der Waals surface area contributed by atoms with Gasteiger partial charge in [-0.3, -0.25) is 5.43 Å². The van der Waals surface area contributed by atoms with Crippen molar-refractivity contribution < 1.29 is 17.9 Å².